The molecule has 5 nitrogen and oxygen atoms in total. The molecule has 1 heterocycles. The van der Waals surface area contributed by atoms with Crippen molar-refractivity contribution in [2.45, 2.75) is 26.8 Å². The predicted molar refractivity (Wildman–Crippen MR) is 62.7 cm³/mol. The highest BCUT2D eigenvalue weighted by Crippen LogP contribution is 2.29. The lowest BCUT2D eigenvalue weighted by atomic mass is 9.89. The van der Waals surface area contributed by atoms with E-state index in [0.29, 0.717) is 17.7 Å². The lowest BCUT2D eigenvalue weighted by Crippen LogP contribution is -2.35. The summed E-state index contributed by atoms with van der Waals surface area (Å²) in [5.41, 5.74) is 3.55. The van der Waals surface area contributed by atoms with Gasteiger partial charge in [0.1, 0.15) is 5.69 Å². The third-order valence-electron chi connectivity index (χ3n) is 2.94. The molecule has 0 saturated heterocycles. The van der Waals surface area contributed by atoms with Gasteiger partial charge in [0.2, 0.25) is 5.88 Å². The van der Waals surface area contributed by atoms with Crippen LogP contribution in [0, 0.1) is 11.8 Å². The molecule has 0 aliphatic heterocycles. The van der Waals surface area contributed by atoms with Crippen LogP contribution in [-0.2, 0) is 0 Å². The van der Waals surface area contributed by atoms with Crippen LogP contribution in [0.25, 0.3) is 0 Å². The first-order valence-corrected chi connectivity index (χ1v) is 5.42. The second kappa shape index (κ2) is 5.77. The van der Waals surface area contributed by atoms with Crippen LogP contribution in [0.5, 0.6) is 5.88 Å². The zero-order valence-corrected chi connectivity index (χ0v) is 10.3. The minimum Gasteiger partial charge on any atom is -0.480 e. The number of aromatic nitrogens is 2. The molecule has 2 unspecified atom stereocenters. The third-order valence-corrected chi connectivity index (χ3v) is 2.94. The molecule has 0 aliphatic rings. The summed E-state index contributed by atoms with van der Waals surface area (Å²) in [6, 6.07) is -0.0522. The van der Waals surface area contributed by atoms with Gasteiger partial charge in [-0.2, -0.15) is 0 Å². The van der Waals surface area contributed by atoms with Crippen LogP contribution in [0.3, 0.4) is 0 Å². The largest absolute Gasteiger partial charge is 0.480 e. The molecule has 0 aliphatic carbocycles. The molecule has 0 radical (unpaired) electrons. The smallest absolute Gasteiger partial charge is 0.237 e. The summed E-state index contributed by atoms with van der Waals surface area (Å²) < 4.78 is 5.19. The van der Waals surface area contributed by atoms with Crippen molar-refractivity contribution in [3.05, 3.63) is 18.1 Å². The molecule has 0 bridgehead atoms. The molecule has 3 N–H and O–H groups in total. The van der Waals surface area contributed by atoms with Gasteiger partial charge in [-0.3, -0.25) is 16.3 Å². The molecule has 0 aromatic carbocycles. The monoisotopic (exact) mass is 224 g/mol. The Labute approximate surface area is 96.4 Å². The maximum Gasteiger partial charge on any atom is 0.237 e. The first kappa shape index (κ1) is 12.9. The molecule has 2 atom stereocenters. The first-order valence-electron chi connectivity index (χ1n) is 5.42. The highest BCUT2D eigenvalue weighted by molar-refractivity contribution is 5.21. The minimum atomic E-state index is -0.0522. The van der Waals surface area contributed by atoms with Crippen LogP contribution in [0.4, 0.5) is 0 Å². The number of rotatable bonds is 5. The van der Waals surface area contributed by atoms with E-state index in [0.717, 1.165) is 5.69 Å². The van der Waals surface area contributed by atoms with E-state index in [4.69, 9.17) is 10.6 Å². The van der Waals surface area contributed by atoms with Crippen molar-refractivity contribution >= 4 is 0 Å². The van der Waals surface area contributed by atoms with Gasteiger partial charge >= 0.3 is 0 Å². The van der Waals surface area contributed by atoms with Gasteiger partial charge in [0.15, 0.2) is 0 Å². The molecular weight excluding hydrogens is 204 g/mol. The van der Waals surface area contributed by atoms with E-state index in [1.165, 1.54) is 0 Å². The maximum absolute atomic E-state index is 5.59. The molecule has 0 fully saturated rings. The van der Waals surface area contributed by atoms with Gasteiger partial charge in [-0.05, 0) is 11.8 Å². The predicted octanol–water partition coefficient (Wildman–Crippen LogP) is 1.28. The van der Waals surface area contributed by atoms with Crippen LogP contribution in [0.2, 0.25) is 0 Å². The molecule has 5 heteroatoms. The standard InChI is InChI=1S/C11H20N4O/c1-7(2)8(3)9(15-12)10-11(16-4)14-6-5-13-10/h5-9,15H,12H2,1-4H3. The number of hydrazine groups is 1. The van der Waals surface area contributed by atoms with Gasteiger partial charge in [-0.1, -0.05) is 20.8 Å². The summed E-state index contributed by atoms with van der Waals surface area (Å²) in [4.78, 5) is 8.42. The topological polar surface area (TPSA) is 73.1 Å². The Morgan fingerprint density at radius 2 is 1.88 bits per heavy atom. The fourth-order valence-corrected chi connectivity index (χ4v) is 1.57. The number of nitrogens with one attached hydrogen (secondary N) is 1. The average molecular weight is 224 g/mol. The van der Waals surface area contributed by atoms with E-state index in [2.05, 4.69) is 36.2 Å². The lowest BCUT2D eigenvalue weighted by Gasteiger charge is -2.26. The molecule has 16 heavy (non-hydrogen) atoms. The molecule has 0 saturated carbocycles. The van der Waals surface area contributed by atoms with Crippen molar-refractivity contribution in [1.29, 1.82) is 0 Å². The molecule has 0 amide bonds. The van der Waals surface area contributed by atoms with Crippen LogP contribution < -0.4 is 16.0 Å². The van der Waals surface area contributed by atoms with Gasteiger partial charge in [0, 0.05) is 12.4 Å². The Morgan fingerprint density at radius 3 is 2.38 bits per heavy atom. The van der Waals surface area contributed by atoms with E-state index in [1.807, 2.05) is 0 Å². The van der Waals surface area contributed by atoms with Gasteiger partial charge in [0.25, 0.3) is 0 Å². The van der Waals surface area contributed by atoms with E-state index in [1.54, 1.807) is 19.5 Å². The maximum atomic E-state index is 5.59. The SMILES string of the molecule is COc1nccnc1C(NN)C(C)C(C)C. The molecule has 1 rings (SSSR count). The fourth-order valence-electron chi connectivity index (χ4n) is 1.57. The van der Waals surface area contributed by atoms with E-state index >= 15 is 0 Å². The van der Waals surface area contributed by atoms with Crippen molar-refractivity contribution in [1.82, 2.24) is 15.4 Å². The number of methoxy groups -OCH3 is 1. The lowest BCUT2D eigenvalue weighted by molar-refractivity contribution is 0.287. The number of hydrogen-bond donors (Lipinski definition) is 2. The Balaban J connectivity index is 3.03. The van der Waals surface area contributed by atoms with Crippen molar-refractivity contribution in [2.75, 3.05) is 7.11 Å². The van der Waals surface area contributed by atoms with E-state index in [-0.39, 0.29) is 6.04 Å². The number of hydrogen-bond acceptors (Lipinski definition) is 5. The zero-order chi connectivity index (χ0) is 12.1. The van der Waals surface area contributed by atoms with Gasteiger partial charge in [-0.25, -0.2) is 4.98 Å². The summed E-state index contributed by atoms with van der Waals surface area (Å²) in [5, 5.41) is 0. The Hall–Kier alpha value is -1.20. The summed E-state index contributed by atoms with van der Waals surface area (Å²) >= 11 is 0. The van der Waals surface area contributed by atoms with Crippen LogP contribution in [0.15, 0.2) is 12.4 Å². The minimum absolute atomic E-state index is 0.0522. The summed E-state index contributed by atoms with van der Waals surface area (Å²) in [6.45, 7) is 6.43. The summed E-state index contributed by atoms with van der Waals surface area (Å²) in [6.07, 6.45) is 3.26. The molecule has 1 aromatic heterocycles. The highest BCUT2D eigenvalue weighted by Gasteiger charge is 2.25. The normalized spacial score (nSPS) is 14.9. The van der Waals surface area contributed by atoms with Crippen LogP contribution in [-0.4, -0.2) is 17.1 Å². The van der Waals surface area contributed by atoms with Crippen molar-refractivity contribution in [2.24, 2.45) is 17.7 Å². The summed E-state index contributed by atoms with van der Waals surface area (Å²) in [5.74, 6) is 6.96. The van der Waals surface area contributed by atoms with Crippen LogP contribution >= 0.6 is 0 Å². The molecule has 0 spiro atoms. The van der Waals surface area contributed by atoms with Crippen LogP contribution in [0.1, 0.15) is 32.5 Å². The molecule has 90 valence electrons. The zero-order valence-electron chi connectivity index (χ0n) is 10.3. The number of nitrogens with two attached hydrogens (primary N) is 1. The Bertz CT molecular complexity index is 330. The first-order chi connectivity index (χ1) is 7.61. The number of nitrogens with zero attached hydrogens (tertiary/aromatic N) is 2. The molecular formula is C11H20N4O. The molecule has 1 aromatic rings. The van der Waals surface area contributed by atoms with Gasteiger partial charge in [-0.15, -0.1) is 0 Å². The third kappa shape index (κ3) is 2.68. The van der Waals surface area contributed by atoms with Crippen molar-refractivity contribution in [3.8, 4) is 5.88 Å². The fraction of sp³-hybridized carbons (Fsp3) is 0.636. The van der Waals surface area contributed by atoms with E-state index < -0.39 is 0 Å². The Morgan fingerprint density at radius 1 is 1.25 bits per heavy atom. The summed E-state index contributed by atoms with van der Waals surface area (Å²) in [7, 11) is 1.58. The quantitative estimate of drug-likeness (QED) is 0.582. The second-order valence-corrected chi connectivity index (χ2v) is 4.20. The number of ether oxygens (including phenoxy) is 1. The average Bonchev–Trinajstić information content (AvgIpc) is 2.30. The van der Waals surface area contributed by atoms with E-state index in [9.17, 15) is 0 Å². The van der Waals surface area contributed by atoms with Crippen molar-refractivity contribution in [3.63, 3.8) is 0 Å². The van der Waals surface area contributed by atoms with Gasteiger partial charge < -0.3 is 4.74 Å². The van der Waals surface area contributed by atoms with Crippen molar-refractivity contribution < 1.29 is 4.74 Å². The van der Waals surface area contributed by atoms with Gasteiger partial charge in [0.05, 0.1) is 13.2 Å². The Kier molecular flexibility index (Phi) is 4.64. The second-order valence-electron chi connectivity index (χ2n) is 4.20. The highest BCUT2D eigenvalue weighted by atomic mass is 16.5.